The third kappa shape index (κ3) is 4.32. The summed E-state index contributed by atoms with van der Waals surface area (Å²) in [5.41, 5.74) is 1.000. The average Bonchev–Trinajstić information content (AvgIpc) is 2.48. The molecule has 0 spiro atoms. The maximum atomic E-state index is 5.94. The highest BCUT2D eigenvalue weighted by atomic mass is 79.9. The van der Waals surface area contributed by atoms with Crippen LogP contribution in [-0.4, -0.2) is 20.3 Å². The fourth-order valence-corrected chi connectivity index (χ4v) is 2.14. The molecule has 1 N–H and O–H groups in total. The van der Waals surface area contributed by atoms with E-state index >= 15 is 0 Å². The fraction of sp³-hybridized carbons (Fsp3) is 0.200. The van der Waals surface area contributed by atoms with Crippen molar-refractivity contribution in [3.63, 3.8) is 0 Å². The molecule has 0 aliphatic heterocycles. The topological polar surface area (TPSA) is 30.5 Å². The van der Waals surface area contributed by atoms with Crippen LogP contribution in [0.4, 0.5) is 5.69 Å². The Hall–Kier alpha value is -1.39. The van der Waals surface area contributed by atoms with Crippen molar-refractivity contribution < 1.29 is 9.47 Å². The van der Waals surface area contributed by atoms with Crippen LogP contribution in [0.15, 0.2) is 46.9 Å². The Morgan fingerprint density at radius 1 is 1.10 bits per heavy atom. The van der Waals surface area contributed by atoms with Gasteiger partial charge in [0.05, 0.1) is 12.1 Å². The Balaban J connectivity index is 1.76. The Labute approximate surface area is 132 Å². The highest BCUT2D eigenvalue weighted by Gasteiger charge is 1.99. The number of hydrogen-bond donors (Lipinski definition) is 1. The number of rotatable bonds is 6. The summed E-state index contributed by atoms with van der Waals surface area (Å²) < 4.78 is 11.6. The van der Waals surface area contributed by atoms with Crippen molar-refractivity contribution >= 4 is 33.2 Å². The van der Waals surface area contributed by atoms with Gasteiger partial charge in [0, 0.05) is 16.7 Å². The molecule has 5 heteroatoms. The van der Waals surface area contributed by atoms with Crippen LogP contribution in [0.1, 0.15) is 0 Å². The van der Waals surface area contributed by atoms with Gasteiger partial charge in [-0.1, -0.05) is 11.6 Å². The van der Waals surface area contributed by atoms with Gasteiger partial charge in [-0.05, 0) is 58.4 Å². The monoisotopic (exact) mass is 355 g/mol. The third-order valence-corrected chi connectivity index (χ3v) is 3.89. The maximum absolute atomic E-state index is 5.94. The van der Waals surface area contributed by atoms with Crippen LogP contribution in [0, 0.1) is 0 Å². The molecular weight excluding hydrogens is 342 g/mol. The minimum absolute atomic E-state index is 0.576. The summed E-state index contributed by atoms with van der Waals surface area (Å²) >= 11 is 9.33. The van der Waals surface area contributed by atoms with E-state index in [0.717, 1.165) is 21.7 Å². The quantitative estimate of drug-likeness (QED) is 0.767. The van der Waals surface area contributed by atoms with E-state index in [4.69, 9.17) is 21.1 Å². The summed E-state index contributed by atoms with van der Waals surface area (Å²) in [6.45, 7) is 1.28. The second kappa shape index (κ2) is 7.41. The second-order valence-electron chi connectivity index (χ2n) is 4.08. The zero-order valence-electron chi connectivity index (χ0n) is 11.0. The molecule has 0 atom stereocenters. The van der Waals surface area contributed by atoms with Crippen molar-refractivity contribution in [2.24, 2.45) is 0 Å². The summed E-state index contributed by atoms with van der Waals surface area (Å²) in [4.78, 5) is 0. The first kappa shape index (κ1) is 15.0. The van der Waals surface area contributed by atoms with Gasteiger partial charge in [-0.15, -0.1) is 0 Å². The first-order chi connectivity index (χ1) is 9.69. The minimum Gasteiger partial charge on any atom is -0.497 e. The van der Waals surface area contributed by atoms with Crippen molar-refractivity contribution in [3.05, 3.63) is 52.0 Å². The minimum atomic E-state index is 0.576. The van der Waals surface area contributed by atoms with Gasteiger partial charge in [-0.25, -0.2) is 0 Å². The molecule has 0 heterocycles. The molecule has 2 aromatic rings. The molecule has 2 aromatic carbocycles. The highest BCUT2D eigenvalue weighted by molar-refractivity contribution is 9.10. The number of hydrogen-bond acceptors (Lipinski definition) is 3. The van der Waals surface area contributed by atoms with Crippen molar-refractivity contribution in [3.8, 4) is 11.5 Å². The van der Waals surface area contributed by atoms with Crippen molar-refractivity contribution in [2.45, 2.75) is 0 Å². The summed E-state index contributed by atoms with van der Waals surface area (Å²) in [7, 11) is 1.64. The molecule has 0 aromatic heterocycles. The molecule has 0 bridgehead atoms. The summed E-state index contributed by atoms with van der Waals surface area (Å²) in [6.07, 6.45) is 0. The van der Waals surface area contributed by atoms with Crippen LogP contribution in [0.3, 0.4) is 0 Å². The van der Waals surface area contributed by atoms with Crippen LogP contribution >= 0.6 is 27.5 Å². The first-order valence-electron chi connectivity index (χ1n) is 6.15. The van der Waals surface area contributed by atoms with Gasteiger partial charge in [0.2, 0.25) is 0 Å². The standard InChI is InChI=1S/C15H15BrClNO2/c1-19-12-3-5-13(6-4-12)20-9-8-18-11-2-7-15(17)14(16)10-11/h2-7,10,18H,8-9H2,1H3. The van der Waals surface area contributed by atoms with Gasteiger partial charge in [0.25, 0.3) is 0 Å². The molecule has 0 saturated heterocycles. The van der Waals surface area contributed by atoms with E-state index in [9.17, 15) is 0 Å². The Morgan fingerprint density at radius 3 is 2.45 bits per heavy atom. The molecule has 0 aliphatic carbocycles. The Kier molecular flexibility index (Phi) is 5.56. The molecular formula is C15H15BrClNO2. The zero-order valence-corrected chi connectivity index (χ0v) is 13.4. The number of anilines is 1. The van der Waals surface area contributed by atoms with E-state index in [1.807, 2.05) is 42.5 Å². The largest absolute Gasteiger partial charge is 0.497 e. The van der Waals surface area contributed by atoms with E-state index in [1.165, 1.54) is 0 Å². The molecule has 0 saturated carbocycles. The van der Waals surface area contributed by atoms with Gasteiger partial charge < -0.3 is 14.8 Å². The van der Waals surface area contributed by atoms with Gasteiger partial charge >= 0.3 is 0 Å². The van der Waals surface area contributed by atoms with Crippen LogP contribution in [0.2, 0.25) is 5.02 Å². The molecule has 0 amide bonds. The van der Waals surface area contributed by atoms with E-state index in [2.05, 4.69) is 21.2 Å². The fourth-order valence-electron chi connectivity index (χ4n) is 1.64. The molecule has 0 aliphatic rings. The van der Waals surface area contributed by atoms with Crippen LogP contribution in [-0.2, 0) is 0 Å². The SMILES string of the molecule is COc1ccc(OCCNc2ccc(Cl)c(Br)c2)cc1. The molecule has 3 nitrogen and oxygen atoms in total. The maximum Gasteiger partial charge on any atom is 0.119 e. The van der Waals surface area contributed by atoms with Crippen molar-refractivity contribution in [1.29, 1.82) is 0 Å². The summed E-state index contributed by atoms with van der Waals surface area (Å²) in [5.74, 6) is 1.64. The molecule has 2 rings (SSSR count). The van der Waals surface area contributed by atoms with Gasteiger partial charge in [-0.3, -0.25) is 0 Å². The van der Waals surface area contributed by atoms with Gasteiger partial charge in [-0.2, -0.15) is 0 Å². The first-order valence-corrected chi connectivity index (χ1v) is 7.32. The van der Waals surface area contributed by atoms with Crippen molar-refractivity contribution in [2.75, 3.05) is 25.6 Å². The smallest absolute Gasteiger partial charge is 0.119 e. The van der Waals surface area contributed by atoms with E-state index in [-0.39, 0.29) is 0 Å². The van der Waals surface area contributed by atoms with Crippen molar-refractivity contribution in [1.82, 2.24) is 0 Å². The predicted octanol–water partition coefficient (Wildman–Crippen LogP) is 4.60. The van der Waals surface area contributed by atoms with E-state index < -0.39 is 0 Å². The molecule has 0 fully saturated rings. The normalized spacial score (nSPS) is 10.2. The number of halogens is 2. The molecule has 0 radical (unpaired) electrons. The summed E-state index contributed by atoms with van der Waals surface area (Å²) in [5, 5.41) is 3.97. The molecule has 20 heavy (non-hydrogen) atoms. The lowest BCUT2D eigenvalue weighted by molar-refractivity contribution is 0.332. The number of ether oxygens (including phenoxy) is 2. The van der Waals surface area contributed by atoms with Gasteiger partial charge in [0.1, 0.15) is 18.1 Å². The van der Waals surface area contributed by atoms with E-state index in [1.54, 1.807) is 7.11 Å². The number of benzene rings is 2. The Bertz CT molecular complexity index is 560. The second-order valence-corrected chi connectivity index (χ2v) is 5.34. The van der Waals surface area contributed by atoms with Crippen LogP contribution < -0.4 is 14.8 Å². The lowest BCUT2D eigenvalue weighted by Gasteiger charge is -2.09. The lowest BCUT2D eigenvalue weighted by atomic mass is 10.3. The number of nitrogens with one attached hydrogen (secondary N) is 1. The lowest BCUT2D eigenvalue weighted by Crippen LogP contribution is -2.11. The average molecular weight is 357 g/mol. The van der Waals surface area contributed by atoms with Gasteiger partial charge in [0.15, 0.2) is 0 Å². The van der Waals surface area contributed by atoms with E-state index in [0.29, 0.717) is 18.2 Å². The highest BCUT2D eigenvalue weighted by Crippen LogP contribution is 2.25. The van der Waals surface area contributed by atoms with Crippen LogP contribution in [0.25, 0.3) is 0 Å². The predicted molar refractivity (Wildman–Crippen MR) is 86.1 cm³/mol. The molecule has 0 unspecified atom stereocenters. The van der Waals surface area contributed by atoms with Crippen LogP contribution in [0.5, 0.6) is 11.5 Å². The summed E-state index contributed by atoms with van der Waals surface area (Å²) in [6, 6.07) is 13.2. The number of methoxy groups -OCH3 is 1. The zero-order chi connectivity index (χ0) is 14.4. The Morgan fingerprint density at radius 2 is 1.80 bits per heavy atom. The third-order valence-electron chi connectivity index (χ3n) is 2.68. The molecule has 106 valence electrons.